The normalized spacial score (nSPS) is 20.3. The first kappa shape index (κ1) is 27.6. The van der Waals surface area contributed by atoms with Crippen molar-refractivity contribution in [3.05, 3.63) is 11.6 Å². The zero-order chi connectivity index (χ0) is 23.9. The highest BCUT2D eigenvalue weighted by atomic mass is 17.1. The van der Waals surface area contributed by atoms with E-state index in [1.165, 1.54) is 6.42 Å². The van der Waals surface area contributed by atoms with Gasteiger partial charge in [0.05, 0.1) is 10.8 Å². The third-order valence-electron chi connectivity index (χ3n) is 7.08. The van der Waals surface area contributed by atoms with Gasteiger partial charge in [-0.05, 0) is 77.2 Å². The molecule has 1 rings (SSSR count). The molecule has 6 nitrogen and oxygen atoms in total. The molecule has 0 aliphatic heterocycles. The van der Waals surface area contributed by atoms with Crippen molar-refractivity contribution >= 4 is 11.9 Å². The second-order valence-corrected chi connectivity index (χ2v) is 10.9. The van der Waals surface area contributed by atoms with E-state index in [-0.39, 0.29) is 18.9 Å². The highest BCUT2D eigenvalue weighted by molar-refractivity contribution is 5.80. The van der Waals surface area contributed by atoms with E-state index >= 15 is 0 Å². The van der Waals surface area contributed by atoms with Gasteiger partial charge in [-0.2, -0.15) is 0 Å². The molecule has 0 amide bonds. The average Bonchev–Trinajstić information content (AvgIpc) is 2.67. The van der Waals surface area contributed by atoms with Crippen LogP contribution in [0.2, 0.25) is 0 Å². The number of rotatable bonds is 12. The summed E-state index contributed by atoms with van der Waals surface area (Å²) < 4.78 is 5.58. The molecule has 3 unspecified atom stereocenters. The largest absolute Gasteiger partial charge is 0.481 e. The molecule has 0 spiro atoms. The van der Waals surface area contributed by atoms with Gasteiger partial charge < -0.3 is 9.84 Å². The number of ether oxygens (including phenoxy) is 1. The van der Waals surface area contributed by atoms with Crippen LogP contribution in [0.4, 0.5) is 0 Å². The van der Waals surface area contributed by atoms with Crippen LogP contribution in [0.3, 0.4) is 0 Å². The summed E-state index contributed by atoms with van der Waals surface area (Å²) in [5.41, 5.74) is -1.59. The number of allylic oxidation sites excluding steroid dienone is 1. The predicted molar refractivity (Wildman–Crippen MR) is 122 cm³/mol. The summed E-state index contributed by atoms with van der Waals surface area (Å²) >= 11 is 0. The van der Waals surface area contributed by atoms with E-state index in [4.69, 9.17) is 9.62 Å². The lowest BCUT2D eigenvalue weighted by Crippen LogP contribution is -2.47. The summed E-state index contributed by atoms with van der Waals surface area (Å²) in [7, 11) is 0. The van der Waals surface area contributed by atoms with Crippen molar-refractivity contribution in [3.63, 3.8) is 0 Å². The summed E-state index contributed by atoms with van der Waals surface area (Å²) in [5.74, 6) is -1.10. The second kappa shape index (κ2) is 11.5. The fourth-order valence-electron chi connectivity index (χ4n) is 5.29. The van der Waals surface area contributed by atoms with Gasteiger partial charge in [0, 0.05) is 0 Å². The lowest BCUT2D eigenvalue weighted by molar-refractivity contribution is -0.318. The number of carboxylic acids is 1. The number of aliphatic carboxylic acids is 1. The van der Waals surface area contributed by atoms with Gasteiger partial charge in [0.15, 0.2) is 0 Å². The van der Waals surface area contributed by atoms with Gasteiger partial charge in [-0.15, -0.1) is 0 Å². The lowest BCUT2D eigenvalue weighted by Gasteiger charge is -2.44. The van der Waals surface area contributed by atoms with Crippen LogP contribution in [-0.4, -0.2) is 35.0 Å². The number of carbonyl (C=O) groups excluding carboxylic acids is 1. The third kappa shape index (κ3) is 7.60. The Kier molecular flexibility index (Phi) is 10.2. The number of carboxylic acid groups (broad SMARTS) is 1. The second-order valence-electron chi connectivity index (χ2n) is 10.9. The predicted octanol–water partition coefficient (Wildman–Crippen LogP) is 6.25. The SMILES string of the molecule is CCC(C)(CC(C)(CC(C)(C)C(OO)C1CCCCC1)C(=O)OCC=C(C)C)C(=O)O. The van der Waals surface area contributed by atoms with Crippen LogP contribution in [0.15, 0.2) is 11.6 Å². The zero-order valence-electron chi connectivity index (χ0n) is 20.6. The van der Waals surface area contributed by atoms with Gasteiger partial charge in [0.1, 0.15) is 12.7 Å². The van der Waals surface area contributed by atoms with Crippen LogP contribution >= 0.6 is 0 Å². The fraction of sp³-hybridized carbons (Fsp3) is 0.840. The molecular weight excluding hydrogens is 396 g/mol. The van der Waals surface area contributed by atoms with E-state index in [1.807, 2.05) is 40.7 Å². The van der Waals surface area contributed by atoms with Crippen molar-refractivity contribution in [2.45, 2.75) is 106 Å². The molecule has 6 heteroatoms. The van der Waals surface area contributed by atoms with Crippen molar-refractivity contribution in [2.24, 2.45) is 22.2 Å². The zero-order valence-corrected chi connectivity index (χ0v) is 20.6. The van der Waals surface area contributed by atoms with E-state index < -0.39 is 34.3 Å². The summed E-state index contributed by atoms with van der Waals surface area (Å²) in [6.07, 6.45) is 7.71. The minimum absolute atomic E-state index is 0.158. The lowest BCUT2D eigenvalue weighted by atomic mass is 9.62. The van der Waals surface area contributed by atoms with Crippen LogP contribution < -0.4 is 0 Å². The Hall–Kier alpha value is -1.40. The molecule has 180 valence electrons. The first-order valence-electron chi connectivity index (χ1n) is 11.7. The van der Waals surface area contributed by atoms with Crippen LogP contribution in [0, 0.1) is 22.2 Å². The summed E-state index contributed by atoms with van der Waals surface area (Å²) in [5, 5.41) is 19.7. The number of carbonyl (C=O) groups is 2. The maximum Gasteiger partial charge on any atom is 0.312 e. The molecule has 1 fully saturated rings. The van der Waals surface area contributed by atoms with Gasteiger partial charge in [-0.1, -0.05) is 45.6 Å². The van der Waals surface area contributed by atoms with Crippen LogP contribution in [0.1, 0.15) is 99.8 Å². The quantitative estimate of drug-likeness (QED) is 0.161. The Morgan fingerprint density at radius 3 is 2.06 bits per heavy atom. The molecule has 0 heterocycles. The maximum absolute atomic E-state index is 13.3. The topological polar surface area (TPSA) is 93.1 Å². The Morgan fingerprint density at radius 1 is 1.03 bits per heavy atom. The Morgan fingerprint density at radius 2 is 1.61 bits per heavy atom. The van der Waals surface area contributed by atoms with E-state index in [2.05, 4.69) is 0 Å². The monoisotopic (exact) mass is 440 g/mol. The molecule has 0 aromatic rings. The van der Waals surface area contributed by atoms with Crippen LogP contribution in [-0.2, 0) is 19.2 Å². The van der Waals surface area contributed by atoms with Gasteiger partial charge in [-0.3, -0.25) is 14.8 Å². The molecule has 1 aliphatic rings. The first-order valence-corrected chi connectivity index (χ1v) is 11.7. The summed E-state index contributed by atoms with van der Waals surface area (Å²) in [6, 6.07) is 0. The summed E-state index contributed by atoms with van der Waals surface area (Å²) in [6.45, 7) is 13.3. The molecule has 0 aromatic heterocycles. The minimum atomic E-state index is -1.05. The summed E-state index contributed by atoms with van der Waals surface area (Å²) in [4.78, 5) is 30.3. The minimum Gasteiger partial charge on any atom is -0.481 e. The Bertz CT molecular complexity index is 630. The molecule has 0 radical (unpaired) electrons. The molecule has 0 saturated heterocycles. The molecule has 31 heavy (non-hydrogen) atoms. The molecular formula is C25H44O6. The smallest absolute Gasteiger partial charge is 0.312 e. The van der Waals surface area contributed by atoms with Crippen molar-refractivity contribution in [3.8, 4) is 0 Å². The highest BCUT2D eigenvalue weighted by Crippen LogP contribution is 2.48. The van der Waals surface area contributed by atoms with E-state index in [0.29, 0.717) is 12.8 Å². The van der Waals surface area contributed by atoms with Gasteiger partial charge >= 0.3 is 11.9 Å². The molecule has 1 aliphatic carbocycles. The molecule has 0 bridgehead atoms. The van der Waals surface area contributed by atoms with E-state index in [9.17, 15) is 20.0 Å². The van der Waals surface area contributed by atoms with E-state index in [1.54, 1.807) is 13.8 Å². The van der Waals surface area contributed by atoms with Crippen molar-refractivity contribution in [1.29, 1.82) is 0 Å². The van der Waals surface area contributed by atoms with Crippen LogP contribution in [0.5, 0.6) is 0 Å². The van der Waals surface area contributed by atoms with Crippen molar-refractivity contribution in [1.82, 2.24) is 0 Å². The molecule has 1 saturated carbocycles. The standard InChI is InChI=1S/C25H44O6/c1-8-24(6,21(26)27)17-25(7,22(28)30-15-14-18(2)3)16-23(4,5)20(31-29)19-12-10-9-11-13-19/h14,19-20,29H,8-13,15-17H2,1-7H3,(H,26,27). The maximum atomic E-state index is 13.3. The van der Waals surface area contributed by atoms with Crippen molar-refractivity contribution < 1.29 is 29.6 Å². The van der Waals surface area contributed by atoms with E-state index in [0.717, 1.165) is 31.3 Å². The highest BCUT2D eigenvalue weighted by Gasteiger charge is 2.50. The number of esters is 1. The molecule has 2 N–H and O–H groups in total. The Labute approximate surface area is 188 Å². The number of hydrogen-bond donors (Lipinski definition) is 2. The molecule has 3 atom stereocenters. The van der Waals surface area contributed by atoms with Gasteiger partial charge in [0.2, 0.25) is 0 Å². The molecule has 0 aromatic carbocycles. The van der Waals surface area contributed by atoms with Crippen molar-refractivity contribution in [2.75, 3.05) is 6.61 Å². The van der Waals surface area contributed by atoms with Crippen LogP contribution in [0.25, 0.3) is 0 Å². The first-order chi connectivity index (χ1) is 14.3. The average molecular weight is 441 g/mol. The third-order valence-corrected chi connectivity index (χ3v) is 7.08. The van der Waals surface area contributed by atoms with Gasteiger partial charge in [-0.25, -0.2) is 4.89 Å². The Balaban J connectivity index is 3.22. The number of hydrogen-bond acceptors (Lipinski definition) is 5. The van der Waals surface area contributed by atoms with Gasteiger partial charge in [0.25, 0.3) is 0 Å². The fourth-order valence-corrected chi connectivity index (χ4v) is 5.29.